The van der Waals surface area contributed by atoms with Crippen molar-refractivity contribution < 1.29 is 9.90 Å². The monoisotopic (exact) mass is 254 g/mol. The Labute approximate surface area is 109 Å². The van der Waals surface area contributed by atoms with Gasteiger partial charge in [0.05, 0.1) is 0 Å². The van der Waals surface area contributed by atoms with Crippen LogP contribution in [-0.4, -0.2) is 22.1 Å². The van der Waals surface area contributed by atoms with Crippen molar-refractivity contribution in [3.05, 3.63) is 48.2 Å². The van der Waals surface area contributed by atoms with E-state index < -0.39 is 12.0 Å². The van der Waals surface area contributed by atoms with Gasteiger partial charge in [0.15, 0.2) is 0 Å². The summed E-state index contributed by atoms with van der Waals surface area (Å²) in [4.78, 5) is 14.1. The molecule has 3 aromatic rings. The van der Waals surface area contributed by atoms with Crippen molar-refractivity contribution in [3.63, 3.8) is 0 Å². The van der Waals surface area contributed by atoms with Gasteiger partial charge in [-0.05, 0) is 22.4 Å². The number of hydrogen-bond acceptors (Lipinski definition) is 2. The van der Waals surface area contributed by atoms with Crippen LogP contribution in [0.3, 0.4) is 0 Å². The number of carboxylic acid groups (broad SMARTS) is 1. The topological polar surface area (TPSA) is 79.1 Å². The number of fused-ring (bicyclic) bond motifs is 3. The SMILES string of the molecule is N[C@@H](Cc1c[nH]c2ccc3ccccc3c12)C(=O)O. The van der Waals surface area contributed by atoms with Gasteiger partial charge >= 0.3 is 5.97 Å². The summed E-state index contributed by atoms with van der Waals surface area (Å²) in [5.74, 6) is -0.977. The van der Waals surface area contributed by atoms with Crippen LogP contribution in [-0.2, 0) is 11.2 Å². The van der Waals surface area contributed by atoms with Crippen molar-refractivity contribution in [3.8, 4) is 0 Å². The average molecular weight is 254 g/mol. The number of nitrogens with two attached hydrogens (primary N) is 1. The van der Waals surface area contributed by atoms with Crippen LogP contribution < -0.4 is 5.73 Å². The lowest BCUT2D eigenvalue weighted by atomic mass is 10.00. The largest absolute Gasteiger partial charge is 0.480 e. The van der Waals surface area contributed by atoms with Crippen LogP contribution in [0, 0.1) is 0 Å². The van der Waals surface area contributed by atoms with E-state index in [1.165, 1.54) is 0 Å². The van der Waals surface area contributed by atoms with Crippen LogP contribution in [0.1, 0.15) is 5.56 Å². The molecule has 0 unspecified atom stereocenters. The minimum Gasteiger partial charge on any atom is -0.480 e. The number of aromatic nitrogens is 1. The van der Waals surface area contributed by atoms with E-state index >= 15 is 0 Å². The smallest absolute Gasteiger partial charge is 0.320 e. The van der Waals surface area contributed by atoms with E-state index in [2.05, 4.69) is 11.1 Å². The zero-order valence-corrected chi connectivity index (χ0v) is 10.3. The van der Waals surface area contributed by atoms with Crippen LogP contribution in [0.4, 0.5) is 0 Å². The summed E-state index contributed by atoms with van der Waals surface area (Å²) in [6.45, 7) is 0. The molecule has 3 rings (SSSR count). The predicted molar refractivity (Wildman–Crippen MR) is 75.1 cm³/mol. The molecule has 1 aromatic heterocycles. The molecule has 4 N–H and O–H groups in total. The number of aliphatic carboxylic acids is 1. The number of carboxylic acids is 1. The molecule has 0 aliphatic carbocycles. The molecule has 1 atom stereocenters. The lowest BCUT2D eigenvalue weighted by Gasteiger charge is -2.06. The summed E-state index contributed by atoms with van der Waals surface area (Å²) < 4.78 is 0. The Hall–Kier alpha value is -2.33. The Balaban J connectivity index is 2.20. The Bertz CT molecular complexity index is 761. The number of aromatic amines is 1. The number of benzene rings is 2. The maximum absolute atomic E-state index is 10.9. The van der Waals surface area contributed by atoms with Crippen molar-refractivity contribution in [2.24, 2.45) is 5.73 Å². The molecule has 2 aromatic carbocycles. The fraction of sp³-hybridized carbons (Fsp3) is 0.133. The molecular formula is C15H14N2O2. The number of H-pyrrole nitrogens is 1. The minimum absolute atomic E-state index is 0.323. The molecule has 0 fully saturated rings. The van der Waals surface area contributed by atoms with Gasteiger partial charge in [0.2, 0.25) is 0 Å². The highest BCUT2D eigenvalue weighted by molar-refractivity contribution is 6.08. The Kier molecular flexibility index (Phi) is 2.72. The van der Waals surface area contributed by atoms with E-state index in [0.29, 0.717) is 6.42 Å². The van der Waals surface area contributed by atoms with E-state index in [1.807, 2.05) is 36.5 Å². The average Bonchev–Trinajstić information content (AvgIpc) is 2.82. The quantitative estimate of drug-likeness (QED) is 0.670. The fourth-order valence-corrected chi connectivity index (χ4v) is 2.46. The molecule has 0 aliphatic heterocycles. The molecule has 19 heavy (non-hydrogen) atoms. The minimum atomic E-state index is -0.977. The van der Waals surface area contributed by atoms with Gasteiger partial charge in [0.25, 0.3) is 0 Å². The fourth-order valence-electron chi connectivity index (χ4n) is 2.46. The molecule has 0 saturated carbocycles. The summed E-state index contributed by atoms with van der Waals surface area (Å²) in [5, 5.41) is 12.3. The van der Waals surface area contributed by atoms with Crippen molar-refractivity contribution in [2.75, 3.05) is 0 Å². The van der Waals surface area contributed by atoms with Crippen molar-refractivity contribution >= 4 is 27.6 Å². The second kappa shape index (κ2) is 4.40. The molecule has 0 spiro atoms. The first-order valence-electron chi connectivity index (χ1n) is 6.13. The third-order valence-electron chi connectivity index (χ3n) is 3.41. The van der Waals surface area contributed by atoms with Gasteiger partial charge in [-0.15, -0.1) is 0 Å². The van der Waals surface area contributed by atoms with Crippen LogP contribution >= 0.6 is 0 Å². The lowest BCUT2D eigenvalue weighted by molar-refractivity contribution is -0.138. The maximum Gasteiger partial charge on any atom is 0.320 e. The third-order valence-corrected chi connectivity index (χ3v) is 3.41. The Morgan fingerprint density at radius 3 is 2.84 bits per heavy atom. The Morgan fingerprint density at radius 2 is 2.05 bits per heavy atom. The molecular weight excluding hydrogens is 240 g/mol. The summed E-state index contributed by atoms with van der Waals surface area (Å²) in [5.41, 5.74) is 7.58. The number of nitrogens with one attached hydrogen (secondary N) is 1. The number of rotatable bonds is 3. The molecule has 96 valence electrons. The highest BCUT2D eigenvalue weighted by Gasteiger charge is 2.15. The summed E-state index contributed by atoms with van der Waals surface area (Å²) in [6.07, 6.45) is 2.17. The van der Waals surface area contributed by atoms with Gasteiger partial charge in [0, 0.05) is 23.5 Å². The Morgan fingerprint density at radius 1 is 1.26 bits per heavy atom. The van der Waals surface area contributed by atoms with E-state index in [1.54, 1.807) is 0 Å². The van der Waals surface area contributed by atoms with Crippen molar-refractivity contribution in [1.82, 2.24) is 4.98 Å². The second-order valence-electron chi connectivity index (χ2n) is 4.67. The molecule has 0 saturated heterocycles. The van der Waals surface area contributed by atoms with E-state index in [-0.39, 0.29) is 0 Å². The zero-order chi connectivity index (χ0) is 13.4. The van der Waals surface area contributed by atoms with E-state index in [9.17, 15) is 4.79 Å². The number of carbonyl (C=O) groups is 1. The number of hydrogen-bond donors (Lipinski definition) is 3. The van der Waals surface area contributed by atoms with Crippen LogP contribution in [0.25, 0.3) is 21.7 Å². The van der Waals surface area contributed by atoms with Crippen molar-refractivity contribution in [1.29, 1.82) is 0 Å². The van der Waals surface area contributed by atoms with Crippen molar-refractivity contribution in [2.45, 2.75) is 12.5 Å². The second-order valence-corrected chi connectivity index (χ2v) is 4.67. The zero-order valence-electron chi connectivity index (χ0n) is 10.3. The van der Waals surface area contributed by atoms with E-state index in [0.717, 1.165) is 27.2 Å². The van der Waals surface area contributed by atoms with Crippen LogP contribution in [0.2, 0.25) is 0 Å². The molecule has 1 heterocycles. The first kappa shape index (κ1) is 11.7. The molecule has 0 radical (unpaired) electrons. The summed E-state index contributed by atoms with van der Waals surface area (Å²) in [7, 11) is 0. The van der Waals surface area contributed by atoms with Gasteiger partial charge in [-0.25, -0.2) is 0 Å². The normalized spacial score (nSPS) is 12.9. The van der Waals surface area contributed by atoms with Gasteiger partial charge in [0.1, 0.15) is 6.04 Å². The van der Waals surface area contributed by atoms with Gasteiger partial charge in [-0.3, -0.25) is 4.79 Å². The van der Waals surface area contributed by atoms with Gasteiger partial charge in [-0.1, -0.05) is 30.3 Å². The summed E-state index contributed by atoms with van der Waals surface area (Å²) >= 11 is 0. The van der Waals surface area contributed by atoms with Gasteiger partial charge in [-0.2, -0.15) is 0 Å². The van der Waals surface area contributed by atoms with E-state index in [4.69, 9.17) is 10.8 Å². The molecule has 0 aliphatic rings. The lowest BCUT2D eigenvalue weighted by Crippen LogP contribution is -2.32. The highest BCUT2D eigenvalue weighted by Crippen LogP contribution is 2.28. The maximum atomic E-state index is 10.9. The molecule has 0 bridgehead atoms. The molecule has 0 amide bonds. The van der Waals surface area contributed by atoms with Crippen LogP contribution in [0.5, 0.6) is 0 Å². The molecule has 4 heteroatoms. The first-order valence-corrected chi connectivity index (χ1v) is 6.13. The highest BCUT2D eigenvalue weighted by atomic mass is 16.4. The van der Waals surface area contributed by atoms with Crippen LogP contribution in [0.15, 0.2) is 42.6 Å². The van der Waals surface area contributed by atoms with Gasteiger partial charge < -0.3 is 15.8 Å². The predicted octanol–water partition coefficient (Wildman–Crippen LogP) is 2.28. The molecule has 4 nitrogen and oxygen atoms in total. The third kappa shape index (κ3) is 1.96. The summed E-state index contributed by atoms with van der Waals surface area (Å²) in [6, 6.07) is 11.2. The first-order chi connectivity index (χ1) is 9.16. The standard InChI is InChI=1S/C15H14N2O2/c16-12(15(18)19)7-10-8-17-13-6-5-9-3-1-2-4-11(9)14(10)13/h1-6,8,12,17H,7,16H2,(H,18,19)/t12-/m0/s1.